The van der Waals surface area contributed by atoms with Crippen LogP contribution < -0.4 is 5.32 Å². The Morgan fingerprint density at radius 2 is 2.00 bits per heavy atom. The van der Waals surface area contributed by atoms with Crippen molar-refractivity contribution < 1.29 is 5.11 Å². The van der Waals surface area contributed by atoms with Crippen molar-refractivity contribution in [2.45, 2.75) is 45.1 Å². The zero-order chi connectivity index (χ0) is 13.0. The van der Waals surface area contributed by atoms with E-state index in [-0.39, 0.29) is 0 Å². The SMILES string of the molecule is CC(NCC1CCCC1CO)C1CCCN(C)C1. The van der Waals surface area contributed by atoms with Gasteiger partial charge in [-0.3, -0.25) is 0 Å². The fraction of sp³-hybridized carbons (Fsp3) is 1.00. The van der Waals surface area contributed by atoms with Crippen molar-refractivity contribution in [3.05, 3.63) is 0 Å². The summed E-state index contributed by atoms with van der Waals surface area (Å²) in [6.45, 7) is 6.33. The van der Waals surface area contributed by atoms with Crippen LogP contribution in [0.2, 0.25) is 0 Å². The van der Waals surface area contributed by atoms with E-state index in [4.69, 9.17) is 0 Å². The van der Waals surface area contributed by atoms with Crippen LogP contribution in [0.5, 0.6) is 0 Å². The first-order chi connectivity index (χ1) is 8.70. The maximum Gasteiger partial charge on any atom is 0.0462 e. The van der Waals surface area contributed by atoms with E-state index >= 15 is 0 Å². The van der Waals surface area contributed by atoms with Gasteiger partial charge in [0.05, 0.1) is 0 Å². The fourth-order valence-electron chi connectivity index (χ4n) is 3.74. The first kappa shape index (κ1) is 14.3. The average molecular weight is 254 g/mol. The molecule has 0 aromatic carbocycles. The van der Waals surface area contributed by atoms with Crippen molar-refractivity contribution in [3.63, 3.8) is 0 Å². The van der Waals surface area contributed by atoms with Gasteiger partial charge in [0.2, 0.25) is 0 Å². The zero-order valence-corrected chi connectivity index (χ0v) is 12.1. The quantitative estimate of drug-likeness (QED) is 0.784. The second-order valence-electron chi connectivity index (χ2n) is 6.50. The molecule has 3 nitrogen and oxygen atoms in total. The molecule has 0 spiro atoms. The minimum Gasteiger partial charge on any atom is -0.396 e. The third-order valence-corrected chi connectivity index (χ3v) is 5.12. The highest BCUT2D eigenvalue weighted by molar-refractivity contribution is 4.83. The summed E-state index contributed by atoms with van der Waals surface area (Å²) >= 11 is 0. The molecule has 4 atom stereocenters. The number of hydrogen-bond donors (Lipinski definition) is 2. The van der Waals surface area contributed by atoms with Gasteiger partial charge in [-0.25, -0.2) is 0 Å². The van der Waals surface area contributed by atoms with Crippen molar-refractivity contribution in [1.29, 1.82) is 0 Å². The highest BCUT2D eigenvalue weighted by Crippen LogP contribution is 2.31. The lowest BCUT2D eigenvalue weighted by atomic mass is 9.90. The molecule has 1 aliphatic heterocycles. The van der Waals surface area contributed by atoms with E-state index < -0.39 is 0 Å². The number of piperidine rings is 1. The van der Waals surface area contributed by atoms with Gasteiger partial charge in [0.1, 0.15) is 0 Å². The number of hydrogen-bond acceptors (Lipinski definition) is 3. The molecule has 2 rings (SSSR count). The highest BCUT2D eigenvalue weighted by atomic mass is 16.3. The Balaban J connectivity index is 1.72. The summed E-state index contributed by atoms with van der Waals surface area (Å²) < 4.78 is 0. The van der Waals surface area contributed by atoms with Crippen molar-refractivity contribution in [1.82, 2.24) is 10.2 Å². The number of aliphatic hydroxyl groups excluding tert-OH is 1. The summed E-state index contributed by atoms with van der Waals surface area (Å²) in [7, 11) is 2.23. The van der Waals surface area contributed by atoms with Crippen LogP contribution in [0.15, 0.2) is 0 Å². The average Bonchev–Trinajstić information content (AvgIpc) is 2.83. The highest BCUT2D eigenvalue weighted by Gasteiger charge is 2.28. The van der Waals surface area contributed by atoms with E-state index in [1.165, 1.54) is 45.2 Å². The molecule has 1 saturated heterocycles. The standard InChI is InChI=1S/C15H30N2O/c1-12(14-7-4-8-17(2)10-14)16-9-13-5-3-6-15(13)11-18/h12-16,18H,3-11H2,1-2H3. The molecule has 1 heterocycles. The molecule has 18 heavy (non-hydrogen) atoms. The number of nitrogens with zero attached hydrogens (tertiary/aromatic N) is 1. The molecule has 2 fully saturated rings. The Bertz CT molecular complexity index is 247. The van der Waals surface area contributed by atoms with Gasteiger partial charge >= 0.3 is 0 Å². The monoisotopic (exact) mass is 254 g/mol. The lowest BCUT2D eigenvalue weighted by Crippen LogP contribution is -2.44. The number of aliphatic hydroxyl groups is 1. The Morgan fingerprint density at radius 3 is 2.72 bits per heavy atom. The number of likely N-dealkylation sites (tertiary alicyclic amines) is 1. The molecule has 2 N–H and O–H groups in total. The summed E-state index contributed by atoms with van der Waals surface area (Å²) in [6, 6.07) is 0.618. The predicted octanol–water partition coefficient (Wildman–Crippen LogP) is 1.71. The molecular weight excluding hydrogens is 224 g/mol. The molecule has 0 amide bonds. The van der Waals surface area contributed by atoms with Gasteiger partial charge in [-0.15, -0.1) is 0 Å². The van der Waals surface area contributed by atoms with Crippen molar-refractivity contribution in [2.75, 3.05) is 33.3 Å². The van der Waals surface area contributed by atoms with E-state index in [0.29, 0.717) is 24.5 Å². The molecular formula is C15H30N2O. The van der Waals surface area contributed by atoms with Gasteiger partial charge in [-0.05, 0) is 70.5 Å². The summed E-state index contributed by atoms with van der Waals surface area (Å²) in [5.41, 5.74) is 0. The largest absolute Gasteiger partial charge is 0.396 e. The minimum absolute atomic E-state index is 0.382. The first-order valence-electron chi connectivity index (χ1n) is 7.73. The van der Waals surface area contributed by atoms with E-state index in [2.05, 4.69) is 24.2 Å². The molecule has 0 aromatic rings. The lowest BCUT2D eigenvalue weighted by Gasteiger charge is -2.34. The van der Waals surface area contributed by atoms with Gasteiger partial charge in [0.25, 0.3) is 0 Å². The Labute approximate surface area is 112 Å². The molecule has 106 valence electrons. The second kappa shape index (κ2) is 6.88. The summed E-state index contributed by atoms with van der Waals surface area (Å²) in [4.78, 5) is 2.46. The molecule has 2 aliphatic rings. The Morgan fingerprint density at radius 1 is 1.22 bits per heavy atom. The molecule has 0 radical (unpaired) electrons. The minimum atomic E-state index is 0.382. The second-order valence-corrected chi connectivity index (χ2v) is 6.50. The molecule has 0 bridgehead atoms. The Kier molecular flexibility index (Phi) is 5.46. The Hall–Kier alpha value is -0.120. The van der Waals surface area contributed by atoms with Crippen LogP contribution in [0.4, 0.5) is 0 Å². The summed E-state index contributed by atoms with van der Waals surface area (Å²) in [5, 5.41) is 13.1. The topological polar surface area (TPSA) is 35.5 Å². The van der Waals surface area contributed by atoms with Gasteiger partial charge in [-0.2, -0.15) is 0 Å². The maximum absolute atomic E-state index is 9.35. The van der Waals surface area contributed by atoms with Crippen molar-refractivity contribution in [2.24, 2.45) is 17.8 Å². The van der Waals surface area contributed by atoms with Crippen LogP contribution in [0, 0.1) is 17.8 Å². The zero-order valence-electron chi connectivity index (χ0n) is 12.1. The van der Waals surface area contributed by atoms with Crippen molar-refractivity contribution >= 4 is 0 Å². The molecule has 4 unspecified atom stereocenters. The first-order valence-corrected chi connectivity index (χ1v) is 7.73. The van der Waals surface area contributed by atoms with Crippen LogP contribution in [0.3, 0.4) is 0 Å². The predicted molar refractivity (Wildman–Crippen MR) is 75.6 cm³/mol. The summed E-state index contributed by atoms with van der Waals surface area (Å²) in [5.74, 6) is 2.07. The summed E-state index contributed by atoms with van der Waals surface area (Å²) in [6.07, 6.45) is 6.54. The van der Waals surface area contributed by atoms with Crippen LogP contribution >= 0.6 is 0 Å². The van der Waals surface area contributed by atoms with Gasteiger partial charge < -0.3 is 15.3 Å². The van der Waals surface area contributed by atoms with Gasteiger partial charge in [-0.1, -0.05) is 6.42 Å². The van der Waals surface area contributed by atoms with Gasteiger partial charge in [0, 0.05) is 19.2 Å². The molecule has 0 aromatic heterocycles. The van der Waals surface area contributed by atoms with Crippen LogP contribution in [-0.2, 0) is 0 Å². The number of nitrogens with one attached hydrogen (secondary N) is 1. The fourth-order valence-corrected chi connectivity index (χ4v) is 3.74. The normalized spacial score (nSPS) is 35.8. The smallest absolute Gasteiger partial charge is 0.0462 e. The molecule has 1 aliphatic carbocycles. The lowest BCUT2D eigenvalue weighted by molar-refractivity contribution is 0.164. The molecule has 1 saturated carbocycles. The van der Waals surface area contributed by atoms with E-state index in [1.807, 2.05) is 0 Å². The van der Waals surface area contributed by atoms with Crippen LogP contribution in [0.25, 0.3) is 0 Å². The van der Waals surface area contributed by atoms with E-state index in [9.17, 15) is 5.11 Å². The third kappa shape index (κ3) is 3.69. The van der Waals surface area contributed by atoms with E-state index in [0.717, 1.165) is 12.5 Å². The van der Waals surface area contributed by atoms with E-state index in [1.54, 1.807) is 0 Å². The van der Waals surface area contributed by atoms with Crippen molar-refractivity contribution in [3.8, 4) is 0 Å². The maximum atomic E-state index is 9.35. The van der Waals surface area contributed by atoms with Gasteiger partial charge in [0.15, 0.2) is 0 Å². The third-order valence-electron chi connectivity index (χ3n) is 5.12. The van der Waals surface area contributed by atoms with Crippen LogP contribution in [0.1, 0.15) is 39.0 Å². The number of rotatable bonds is 5. The van der Waals surface area contributed by atoms with Crippen LogP contribution in [-0.4, -0.2) is 49.3 Å². The molecule has 3 heteroatoms.